The molecule has 0 N–H and O–H groups in total. The van der Waals surface area contributed by atoms with Crippen LogP contribution in [0.4, 0.5) is 4.79 Å². The fraction of sp³-hybridized carbons (Fsp3) is 0.833. The lowest BCUT2D eigenvalue weighted by Crippen LogP contribution is -2.44. The van der Waals surface area contributed by atoms with E-state index < -0.39 is 5.54 Å². The lowest BCUT2D eigenvalue weighted by Gasteiger charge is -2.25. The van der Waals surface area contributed by atoms with E-state index in [2.05, 4.69) is 0 Å². The van der Waals surface area contributed by atoms with Crippen LogP contribution >= 0.6 is 0 Å². The van der Waals surface area contributed by atoms with Gasteiger partial charge in [0.05, 0.1) is 0 Å². The summed E-state index contributed by atoms with van der Waals surface area (Å²) in [5, 5.41) is 0. The van der Waals surface area contributed by atoms with Crippen molar-refractivity contribution in [2.24, 2.45) is 0 Å². The van der Waals surface area contributed by atoms with Crippen molar-refractivity contribution in [1.82, 2.24) is 9.80 Å². The standard InChI is InChI=1S/C12H20N2O2/c1-4-13-11(16)14(9-7-5-6-8-9)10(15)12(13,2)3/h9H,4-8H2,1-3H3. The number of carbonyl (C=O) groups excluding carboxylic acids is 2. The molecule has 2 rings (SSSR count). The number of hydrogen-bond donors (Lipinski definition) is 0. The van der Waals surface area contributed by atoms with E-state index in [1.54, 1.807) is 4.90 Å². The van der Waals surface area contributed by atoms with E-state index in [0.717, 1.165) is 25.7 Å². The first kappa shape index (κ1) is 11.4. The van der Waals surface area contributed by atoms with E-state index in [1.807, 2.05) is 20.8 Å². The Bertz CT molecular complexity index is 319. The highest BCUT2D eigenvalue weighted by atomic mass is 16.2. The van der Waals surface area contributed by atoms with Gasteiger partial charge in [0, 0.05) is 12.6 Å². The van der Waals surface area contributed by atoms with Gasteiger partial charge in [-0.3, -0.25) is 9.69 Å². The van der Waals surface area contributed by atoms with Gasteiger partial charge < -0.3 is 4.90 Å². The second-order valence-electron chi connectivity index (χ2n) is 5.20. The number of nitrogens with zero attached hydrogens (tertiary/aromatic N) is 2. The number of likely N-dealkylation sites (N-methyl/N-ethyl adjacent to an activating group) is 1. The van der Waals surface area contributed by atoms with E-state index in [9.17, 15) is 9.59 Å². The van der Waals surface area contributed by atoms with Gasteiger partial charge in [-0.1, -0.05) is 12.8 Å². The van der Waals surface area contributed by atoms with E-state index in [-0.39, 0.29) is 18.0 Å². The van der Waals surface area contributed by atoms with E-state index in [0.29, 0.717) is 6.54 Å². The zero-order valence-electron chi connectivity index (χ0n) is 10.3. The Morgan fingerprint density at radius 1 is 1.25 bits per heavy atom. The number of imide groups is 1. The maximum atomic E-state index is 12.3. The third-order valence-electron chi connectivity index (χ3n) is 3.86. The molecule has 1 saturated heterocycles. The maximum Gasteiger partial charge on any atom is 0.327 e. The molecule has 4 nitrogen and oxygen atoms in total. The fourth-order valence-corrected chi connectivity index (χ4v) is 2.88. The first-order valence-electron chi connectivity index (χ1n) is 6.15. The lowest BCUT2D eigenvalue weighted by atomic mass is 10.0. The number of carbonyl (C=O) groups is 2. The van der Waals surface area contributed by atoms with Gasteiger partial charge in [-0.2, -0.15) is 0 Å². The van der Waals surface area contributed by atoms with Crippen molar-refractivity contribution in [3.63, 3.8) is 0 Å². The van der Waals surface area contributed by atoms with Gasteiger partial charge in [-0.15, -0.1) is 0 Å². The number of hydrogen-bond acceptors (Lipinski definition) is 2. The van der Waals surface area contributed by atoms with Crippen LogP contribution in [0.25, 0.3) is 0 Å². The third-order valence-corrected chi connectivity index (χ3v) is 3.86. The van der Waals surface area contributed by atoms with Gasteiger partial charge in [0.2, 0.25) is 0 Å². The van der Waals surface area contributed by atoms with Gasteiger partial charge in [0.15, 0.2) is 0 Å². The van der Waals surface area contributed by atoms with E-state index in [1.165, 1.54) is 4.90 Å². The van der Waals surface area contributed by atoms with Gasteiger partial charge in [0.1, 0.15) is 5.54 Å². The van der Waals surface area contributed by atoms with Crippen molar-refractivity contribution in [1.29, 1.82) is 0 Å². The normalized spacial score (nSPS) is 25.9. The number of rotatable bonds is 2. The van der Waals surface area contributed by atoms with Gasteiger partial charge >= 0.3 is 6.03 Å². The summed E-state index contributed by atoms with van der Waals surface area (Å²) in [5.41, 5.74) is -0.658. The lowest BCUT2D eigenvalue weighted by molar-refractivity contribution is -0.133. The molecule has 2 fully saturated rings. The largest absolute Gasteiger partial charge is 0.327 e. The molecule has 2 aliphatic rings. The Morgan fingerprint density at radius 3 is 2.25 bits per heavy atom. The molecule has 0 spiro atoms. The molecule has 0 aromatic rings. The Labute approximate surface area is 96.6 Å². The average molecular weight is 224 g/mol. The van der Waals surface area contributed by atoms with Crippen molar-refractivity contribution in [2.45, 2.75) is 58.0 Å². The van der Waals surface area contributed by atoms with Crippen LogP contribution in [-0.2, 0) is 4.79 Å². The SMILES string of the molecule is CCN1C(=O)N(C2CCCC2)C(=O)C1(C)C. The smallest absolute Gasteiger partial charge is 0.310 e. The molecule has 1 aliphatic heterocycles. The summed E-state index contributed by atoms with van der Waals surface area (Å²) in [7, 11) is 0. The Hall–Kier alpha value is -1.06. The molecule has 4 heteroatoms. The summed E-state index contributed by atoms with van der Waals surface area (Å²) in [6, 6.07) is 0.0558. The summed E-state index contributed by atoms with van der Waals surface area (Å²) in [6.45, 7) is 6.20. The summed E-state index contributed by atoms with van der Waals surface area (Å²) in [5.74, 6) is -0.0220. The van der Waals surface area contributed by atoms with Crippen LogP contribution in [0.1, 0.15) is 46.5 Å². The summed E-state index contributed by atoms with van der Waals surface area (Å²) in [4.78, 5) is 27.6. The summed E-state index contributed by atoms with van der Waals surface area (Å²) >= 11 is 0. The minimum absolute atomic E-state index is 0.0220. The summed E-state index contributed by atoms with van der Waals surface area (Å²) in [6.07, 6.45) is 4.22. The molecule has 16 heavy (non-hydrogen) atoms. The molecular weight excluding hydrogens is 204 g/mol. The van der Waals surface area contributed by atoms with Crippen LogP contribution in [0, 0.1) is 0 Å². The van der Waals surface area contributed by atoms with Gasteiger partial charge in [-0.25, -0.2) is 4.79 Å². The first-order chi connectivity index (χ1) is 7.50. The molecular formula is C12H20N2O2. The number of amides is 3. The van der Waals surface area contributed by atoms with Crippen molar-refractivity contribution in [3.05, 3.63) is 0 Å². The van der Waals surface area contributed by atoms with Crippen LogP contribution in [0.2, 0.25) is 0 Å². The zero-order chi connectivity index (χ0) is 11.9. The molecule has 1 aliphatic carbocycles. The topological polar surface area (TPSA) is 40.6 Å². The average Bonchev–Trinajstić information content (AvgIpc) is 2.76. The van der Waals surface area contributed by atoms with Crippen molar-refractivity contribution < 1.29 is 9.59 Å². The first-order valence-corrected chi connectivity index (χ1v) is 6.15. The predicted molar refractivity (Wildman–Crippen MR) is 61.0 cm³/mol. The van der Waals surface area contributed by atoms with Crippen LogP contribution in [0.5, 0.6) is 0 Å². The molecule has 0 atom stereocenters. The molecule has 0 bridgehead atoms. The Kier molecular flexibility index (Phi) is 2.68. The van der Waals surface area contributed by atoms with Crippen molar-refractivity contribution >= 4 is 11.9 Å². The Morgan fingerprint density at radius 2 is 1.81 bits per heavy atom. The fourth-order valence-electron chi connectivity index (χ4n) is 2.88. The second-order valence-corrected chi connectivity index (χ2v) is 5.20. The van der Waals surface area contributed by atoms with Crippen LogP contribution in [0.15, 0.2) is 0 Å². The highest BCUT2D eigenvalue weighted by Gasteiger charge is 2.52. The highest BCUT2D eigenvalue weighted by molar-refractivity contribution is 6.06. The second kappa shape index (κ2) is 3.75. The predicted octanol–water partition coefficient (Wildman–Crippen LogP) is 1.99. The third kappa shape index (κ3) is 1.43. The zero-order valence-corrected chi connectivity index (χ0v) is 10.3. The molecule has 0 unspecified atom stereocenters. The minimum Gasteiger partial charge on any atom is -0.310 e. The van der Waals surface area contributed by atoms with Crippen molar-refractivity contribution in [3.8, 4) is 0 Å². The monoisotopic (exact) mass is 224 g/mol. The molecule has 3 amide bonds. The van der Waals surface area contributed by atoms with Crippen molar-refractivity contribution in [2.75, 3.05) is 6.54 Å². The number of urea groups is 1. The summed E-state index contributed by atoms with van der Waals surface area (Å²) < 4.78 is 0. The maximum absolute atomic E-state index is 12.3. The molecule has 1 heterocycles. The molecule has 0 aromatic carbocycles. The van der Waals surface area contributed by atoms with Gasteiger partial charge in [0.25, 0.3) is 5.91 Å². The highest BCUT2D eigenvalue weighted by Crippen LogP contribution is 2.33. The van der Waals surface area contributed by atoms with Gasteiger partial charge in [-0.05, 0) is 33.6 Å². The quantitative estimate of drug-likeness (QED) is 0.673. The van der Waals surface area contributed by atoms with Crippen LogP contribution in [-0.4, -0.2) is 39.9 Å². The molecule has 1 saturated carbocycles. The molecule has 0 aromatic heterocycles. The van der Waals surface area contributed by atoms with E-state index in [4.69, 9.17) is 0 Å². The minimum atomic E-state index is -0.658. The Balaban J connectivity index is 2.27. The molecule has 0 radical (unpaired) electrons. The van der Waals surface area contributed by atoms with Crippen LogP contribution < -0.4 is 0 Å². The van der Waals surface area contributed by atoms with E-state index >= 15 is 0 Å². The molecule has 90 valence electrons. The van der Waals surface area contributed by atoms with Crippen LogP contribution in [0.3, 0.4) is 0 Å².